The molecule has 0 aromatic carbocycles. The van der Waals surface area contributed by atoms with Crippen LogP contribution in [-0.4, -0.2) is 23.5 Å². The van der Waals surface area contributed by atoms with E-state index in [1.54, 1.807) is 12.4 Å². The fourth-order valence-electron chi connectivity index (χ4n) is 1.51. The molecule has 1 saturated heterocycles. The van der Waals surface area contributed by atoms with Crippen LogP contribution >= 0.6 is 0 Å². The smallest absolute Gasteiger partial charge is 0.224 e. The second-order valence-corrected chi connectivity index (χ2v) is 3.13. The molecule has 2 heterocycles. The Labute approximate surface area is 77.1 Å². The molecule has 0 amide bonds. The molecular formula is C9H11N4. The first-order valence-corrected chi connectivity index (χ1v) is 4.28. The SMILES string of the molecule is CC1CNC(=[N])N1c1ccncc1. The van der Waals surface area contributed by atoms with E-state index in [1.165, 1.54) is 0 Å². The fourth-order valence-corrected chi connectivity index (χ4v) is 1.51. The number of rotatable bonds is 1. The predicted molar refractivity (Wildman–Crippen MR) is 51.3 cm³/mol. The Balaban J connectivity index is 2.30. The Morgan fingerprint density at radius 1 is 1.54 bits per heavy atom. The van der Waals surface area contributed by atoms with E-state index in [0.29, 0.717) is 0 Å². The van der Waals surface area contributed by atoms with E-state index in [2.05, 4.69) is 17.2 Å². The lowest BCUT2D eigenvalue weighted by atomic mass is 10.3. The molecule has 1 aromatic rings. The zero-order chi connectivity index (χ0) is 9.26. The Kier molecular flexibility index (Phi) is 1.88. The average Bonchev–Trinajstić information content (AvgIpc) is 2.48. The van der Waals surface area contributed by atoms with Crippen LogP contribution in [0.5, 0.6) is 0 Å². The molecule has 0 bridgehead atoms. The Morgan fingerprint density at radius 3 is 2.77 bits per heavy atom. The molecule has 1 fully saturated rings. The third kappa shape index (κ3) is 1.35. The van der Waals surface area contributed by atoms with Gasteiger partial charge in [0, 0.05) is 24.6 Å². The normalized spacial score (nSPS) is 21.8. The number of hydrogen-bond acceptors (Lipinski definition) is 1. The Morgan fingerprint density at radius 2 is 2.23 bits per heavy atom. The summed E-state index contributed by atoms with van der Waals surface area (Å²) in [5.41, 5.74) is 0.963. The summed E-state index contributed by atoms with van der Waals surface area (Å²) in [6.45, 7) is 2.82. The van der Waals surface area contributed by atoms with Crippen molar-refractivity contribution >= 4 is 11.6 Å². The van der Waals surface area contributed by atoms with Crippen molar-refractivity contribution in [3.8, 4) is 0 Å². The minimum Gasteiger partial charge on any atom is -0.352 e. The number of nitrogens with one attached hydrogen (secondary N) is 1. The van der Waals surface area contributed by atoms with E-state index >= 15 is 0 Å². The van der Waals surface area contributed by atoms with Crippen molar-refractivity contribution in [2.24, 2.45) is 0 Å². The molecule has 0 aliphatic carbocycles. The van der Waals surface area contributed by atoms with Crippen LogP contribution in [0.3, 0.4) is 0 Å². The number of pyridine rings is 1. The van der Waals surface area contributed by atoms with Crippen LogP contribution < -0.4 is 15.6 Å². The summed E-state index contributed by atoms with van der Waals surface area (Å²) in [7, 11) is 0. The predicted octanol–water partition coefficient (Wildman–Crippen LogP) is 0.0358. The van der Waals surface area contributed by atoms with Crippen molar-refractivity contribution < 1.29 is 0 Å². The van der Waals surface area contributed by atoms with Gasteiger partial charge in [0.15, 0.2) is 0 Å². The average molecular weight is 175 g/mol. The van der Waals surface area contributed by atoms with Gasteiger partial charge in [0.25, 0.3) is 0 Å². The summed E-state index contributed by atoms with van der Waals surface area (Å²) in [4.78, 5) is 5.78. The van der Waals surface area contributed by atoms with Gasteiger partial charge in [-0.15, -0.1) is 5.41 Å². The Bertz CT molecular complexity index is 309. The molecule has 1 radical (unpaired) electrons. The second kappa shape index (κ2) is 3.05. The van der Waals surface area contributed by atoms with Gasteiger partial charge in [0.1, 0.15) is 0 Å². The summed E-state index contributed by atoms with van der Waals surface area (Å²) in [5.74, 6) is 0.221. The lowest BCUT2D eigenvalue weighted by Gasteiger charge is -2.20. The van der Waals surface area contributed by atoms with Gasteiger partial charge in [-0.3, -0.25) is 4.98 Å². The summed E-state index contributed by atoms with van der Waals surface area (Å²) in [6, 6.07) is 4.03. The van der Waals surface area contributed by atoms with E-state index in [0.717, 1.165) is 12.2 Å². The molecular weight excluding hydrogens is 164 g/mol. The maximum Gasteiger partial charge on any atom is 0.224 e. The first-order valence-electron chi connectivity index (χ1n) is 4.28. The summed E-state index contributed by atoms with van der Waals surface area (Å²) < 4.78 is 0. The Hall–Kier alpha value is -1.58. The van der Waals surface area contributed by atoms with E-state index in [1.807, 2.05) is 17.0 Å². The van der Waals surface area contributed by atoms with Gasteiger partial charge < -0.3 is 10.2 Å². The van der Waals surface area contributed by atoms with Crippen molar-refractivity contribution in [3.05, 3.63) is 24.5 Å². The van der Waals surface area contributed by atoms with E-state index in [9.17, 15) is 5.41 Å². The molecule has 2 rings (SSSR count). The van der Waals surface area contributed by atoms with Gasteiger partial charge in [0.2, 0.25) is 5.96 Å². The molecule has 4 nitrogen and oxygen atoms in total. The number of anilines is 1. The van der Waals surface area contributed by atoms with E-state index < -0.39 is 0 Å². The lowest BCUT2D eigenvalue weighted by molar-refractivity contribution is 0.771. The van der Waals surface area contributed by atoms with Crippen LogP contribution in [0, 0.1) is 0 Å². The van der Waals surface area contributed by atoms with Crippen LogP contribution in [0.25, 0.3) is 0 Å². The topological polar surface area (TPSA) is 50.5 Å². The van der Waals surface area contributed by atoms with Crippen LogP contribution in [0.1, 0.15) is 6.92 Å². The molecule has 67 valence electrons. The van der Waals surface area contributed by atoms with Crippen LogP contribution in [-0.2, 0) is 0 Å². The first kappa shape index (κ1) is 8.04. The monoisotopic (exact) mass is 175 g/mol. The molecule has 13 heavy (non-hydrogen) atoms. The number of guanidine groups is 1. The maximum atomic E-state index is 9.52. The third-order valence-corrected chi connectivity index (χ3v) is 2.17. The minimum absolute atomic E-state index is 0.221. The highest BCUT2D eigenvalue weighted by Gasteiger charge is 2.25. The van der Waals surface area contributed by atoms with Crippen molar-refractivity contribution in [2.75, 3.05) is 11.4 Å². The zero-order valence-electron chi connectivity index (χ0n) is 7.44. The van der Waals surface area contributed by atoms with Gasteiger partial charge in [-0.05, 0) is 19.1 Å². The summed E-state index contributed by atoms with van der Waals surface area (Å²) in [5, 5.41) is 12.4. The van der Waals surface area contributed by atoms with Gasteiger partial charge in [-0.1, -0.05) is 0 Å². The van der Waals surface area contributed by atoms with Crippen molar-refractivity contribution in [1.82, 2.24) is 15.7 Å². The number of hydrogen-bond donors (Lipinski definition) is 1. The quantitative estimate of drug-likeness (QED) is 0.655. The third-order valence-electron chi connectivity index (χ3n) is 2.17. The molecule has 4 heteroatoms. The van der Waals surface area contributed by atoms with Gasteiger partial charge in [-0.25, -0.2) is 0 Å². The first-order chi connectivity index (χ1) is 6.29. The zero-order valence-corrected chi connectivity index (χ0v) is 7.44. The minimum atomic E-state index is 0.221. The van der Waals surface area contributed by atoms with Crippen molar-refractivity contribution in [3.63, 3.8) is 0 Å². The van der Waals surface area contributed by atoms with Crippen LogP contribution in [0.15, 0.2) is 24.5 Å². The summed E-state index contributed by atoms with van der Waals surface area (Å²) >= 11 is 0. The van der Waals surface area contributed by atoms with Crippen molar-refractivity contribution in [1.29, 1.82) is 0 Å². The maximum absolute atomic E-state index is 9.52. The molecule has 1 aliphatic heterocycles. The van der Waals surface area contributed by atoms with Gasteiger partial charge in [0.05, 0.1) is 6.04 Å². The van der Waals surface area contributed by atoms with E-state index in [-0.39, 0.29) is 12.0 Å². The number of aromatic nitrogens is 1. The standard InChI is InChI=1S/C9H11N4/c1-7-6-12-9(10)13(7)8-2-4-11-5-3-8/h2-5,7,12H,6H2,1H3. The largest absolute Gasteiger partial charge is 0.352 e. The molecule has 1 N–H and O–H groups in total. The highest BCUT2D eigenvalue weighted by atomic mass is 15.4. The lowest BCUT2D eigenvalue weighted by Crippen LogP contribution is -2.34. The molecule has 0 spiro atoms. The van der Waals surface area contributed by atoms with Crippen LogP contribution in [0.2, 0.25) is 0 Å². The molecule has 1 unspecified atom stereocenters. The van der Waals surface area contributed by atoms with Crippen molar-refractivity contribution in [2.45, 2.75) is 13.0 Å². The highest BCUT2D eigenvalue weighted by Crippen LogP contribution is 2.17. The number of nitrogens with zero attached hydrogens (tertiary/aromatic N) is 3. The molecule has 1 aromatic heterocycles. The second-order valence-electron chi connectivity index (χ2n) is 3.13. The van der Waals surface area contributed by atoms with Crippen LogP contribution in [0.4, 0.5) is 5.69 Å². The summed E-state index contributed by atoms with van der Waals surface area (Å²) in [6.07, 6.45) is 3.43. The molecule has 1 aliphatic rings. The van der Waals surface area contributed by atoms with Gasteiger partial charge >= 0.3 is 0 Å². The fraction of sp³-hybridized carbons (Fsp3) is 0.333. The van der Waals surface area contributed by atoms with Gasteiger partial charge in [-0.2, -0.15) is 0 Å². The van der Waals surface area contributed by atoms with E-state index in [4.69, 9.17) is 0 Å². The molecule has 1 atom stereocenters. The highest BCUT2D eigenvalue weighted by molar-refractivity contribution is 5.97. The molecule has 0 saturated carbocycles.